The fraction of sp³-hybridized carbons (Fsp3) is 0.625. The van der Waals surface area contributed by atoms with Gasteiger partial charge in [-0.15, -0.1) is 0 Å². The monoisotopic (exact) mass is 301 g/mol. The van der Waals surface area contributed by atoms with Gasteiger partial charge in [-0.2, -0.15) is 8.78 Å². The molecule has 0 aromatic heterocycles. The van der Waals surface area contributed by atoms with E-state index in [0.29, 0.717) is 18.9 Å². The zero-order valence-corrected chi connectivity index (χ0v) is 13.2. The Morgan fingerprint density at radius 3 is 2.48 bits per heavy atom. The molecule has 0 spiro atoms. The predicted molar refractivity (Wildman–Crippen MR) is 80.1 cm³/mol. The second kappa shape index (κ2) is 8.17. The molecular formula is C16H25F2NO2. The number of hydrogen-bond acceptors (Lipinski definition) is 3. The Morgan fingerprint density at radius 1 is 1.19 bits per heavy atom. The molecule has 0 fully saturated rings. The quantitative estimate of drug-likeness (QED) is 0.735. The number of halogens is 2. The third-order valence-corrected chi connectivity index (χ3v) is 3.17. The van der Waals surface area contributed by atoms with Crippen molar-refractivity contribution in [3.8, 4) is 11.5 Å². The van der Waals surface area contributed by atoms with Crippen molar-refractivity contribution in [2.45, 2.75) is 59.2 Å². The van der Waals surface area contributed by atoms with Crippen LogP contribution in [0.15, 0.2) is 18.2 Å². The predicted octanol–water partition coefficient (Wildman–Crippen LogP) is 4.36. The van der Waals surface area contributed by atoms with Crippen LogP contribution in [0.25, 0.3) is 0 Å². The van der Waals surface area contributed by atoms with Crippen molar-refractivity contribution >= 4 is 0 Å². The van der Waals surface area contributed by atoms with Gasteiger partial charge >= 0.3 is 6.61 Å². The molecule has 0 radical (unpaired) electrons. The first-order valence-electron chi connectivity index (χ1n) is 7.33. The molecule has 1 rings (SSSR count). The molecule has 1 N–H and O–H groups in total. The maximum Gasteiger partial charge on any atom is 0.387 e. The van der Waals surface area contributed by atoms with Crippen LogP contribution >= 0.6 is 0 Å². The van der Waals surface area contributed by atoms with Gasteiger partial charge in [-0.05, 0) is 44.9 Å². The molecule has 1 aromatic rings. The second-order valence-corrected chi connectivity index (χ2v) is 5.58. The largest absolute Gasteiger partial charge is 0.490 e. The van der Waals surface area contributed by atoms with Gasteiger partial charge in [-0.1, -0.05) is 19.4 Å². The van der Waals surface area contributed by atoms with E-state index in [1.165, 1.54) is 6.07 Å². The Hall–Kier alpha value is -1.36. The van der Waals surface area contributed by atoms with Crippen LogP contribution in [0.1, 0.15) is 46.1 Å². The van der Waals surface area contributed by atoms with Gasteiger partial charge < -0.3 is 14.8 Å². The third kappa shape index (κ3) is 6.29. The highest BCUT2D eigenvalue weighted by Crippen LogP contribution is 2.30. The van der Waals surface area contributed by atoms with E-state index in [2.05, 4.69) is 30.8 Å². The fourth-order valence-electron chi connectivity index (χ4n) is 2.18. The highest BCUT2D eigenvalue weighted by molar-refractivity contribution is 5.43. The van der Waals surface area contributed by atoms with Crippen LogP contribution in [0.4, 0.5) is 8.78 Å². The first-order chi connectivity index (χ1) is 9.88. The van der Waals surface area contributed by atoms with Crippen LogP contribution in [0.5, 0.6) is 11.5 Å². The zero-order chi connectivity index (χ0) is 15.9. The molecule has 0 bridgehead atoms. The first-order valence-corrected chi connectivity index (χ1v) is 7.33. The molecule has 120 valence electrons. The molecule has 0 atom stereocenters. The van der Waals surface area contributed by atoms with Crippen molar-refractivity contribution in [3.05, 3.63) is 23.8 Å². The normalized spacial score (nSPS) is 11.8. The molecule has 0 aliphatic heterocycles. The summed E-state index contributed by atoms with van der Waals surface area (Å²) < 4.78 is 34.5. The summed E-state index contributed by atoms with van der Waals surface area (Å²) in [6, 6.07) is 5.05. The highest BCUT2D eigenvalue weighted by Gasteiger charge is 2.16. The van der Waals surface area contributed by atoms with E-state index in [-0.39, 0.29) is 11.3 Å². The van der Waals surface area contributed by atoms with Crippen LogP contribution in [-0.4, -0.2) is 18.8 Å². The van der Waals surface area contributed by atoms with Crippen molar-refractivity contribution in [1.82, 2.24) is 5.32 Å². The topological polar surface area (TPSA) is 30.5 Å². The van der Waals surface area contributed by atoms with Crippen LogP contribution in [0.2, 0.25) is 0 Å². The lowest BCUT2D eigenvalue weighted by atomic mass is 9.98. The summed E-state index contributed by atoms with van der Waals surface area (Å²) in [7, 11) is 0. The Labute approximate surface area is 125 Å². The number of rotatable bonds is 9. The van der Waals surface area contributed by atoms with Crippen molar-refractivity contribution in [1.29, 1.82) is 0 Å². The number of benzene rings is 1. The number of nitrogens with one attached hydrogen (secondary N) is 1. The van der Waals surface area contributed by atoms with Crippen molar-refractivity contribution in [3.63, 3.8) is 0 Å². The summed E-state index contributed by atoms with van der Waals surface area (Å²) in [5, 5.41) is 3.46. The van der Waals surface area contributed by atoms with Gasteiger partial charge in [0.05, 0.1) is 6.61 Å². The molecule has 0 aliphatic carbocycles. The van der Waals surface area contributed by atoms with E-state index >= 15 is 0 Å². The van der Waals surface area contributed by atoms with E-state index in [1.54, 1.807) is 19.1 Å². The van der Waals surface area contributed by atoms with Crippen LogP contribution < -0.4 is 14.8 Å². The lowest BCUT2D eigenvalue weighted by molar-refractivity contribution is -0.0514. The molecule has 5 heteroatoms. The smallest absolute Gasteiger partial charge is 0.387 e. The summed E-state index contributed by atoms with van der Waals surface area (Å²) >= 11 is 0. The van der Waals surface area contributed by atoms with Crippen LogP contribution in [-0.2, 0) is 6.54 Å². The molecule has 0 amide bonds. The van der Waals surface area contributed by atoms with E-state index in [0.717, 1.165) is 18.4 Å². The highest BCUT2D eigenvalue weighted by atomic mass is 19.3. The molecule has 0 heterocycles. The molecule has 0 aliphatic rings. The second-order valence-electron chi connectivity index (χ2n) is 5.58. The molecular weight excluding hydrogens is 276 g/mol. The zero-order valence-electron chi connectivity index (χ0n) is 13.2. The van der Waals surface area contributed by atoms with Gasteiger partial charge in [0, 0.05) is 12.1 Å². The number of alkyl halides is 2. The lowest BCUT2D eigenvalue weighted by Crippen LogP contribution is -2.38. The van der Waals surface area contributed by atoms with E-state index in [1.807, 2.05) is 0 Å². The molecule has 3 nitrogen and oxygen atoms in total. The SMILES string of the molecule is CCCC(C)(C)NCc1ccc(OC(F)F)c(OCC)c1. The minimum absolute atomic E-state index is 0.0403. The Bertz CT molecular complexity index is 436. The minimum atomic E-state index is -2.85. The van der Waals surface area contributed by atoms with Gasteiger partial charge in [0.1, 0.15) is 0 Å². The average Bonchev–Trinajstić information content (AvgIpc) is 2.39. The molecule has 0 saturated carbocycles. The Balaban J connectivity index is 2.78. The summed E-state index contributed by atoms with van der Waals surface area (Å²) in [5.41, 5.74) is 1.02. The van der Waals surface area contributed by atoms with Crippen molar-refractivity contribution < 1.29 is 18.3 Å². The van der Waals surface area contributed by atoms with Gasteiger partial charge in [0.2, 0.25) is 0 Å². The minimum Gasteiger partial charge on any atom is -0.490 e. The summed E-state index contributed by atoms with van der Waals surface area (Å²) in [6.07, 6.45) is 2.17. The van der Waals surface area contributed by atoms with Gasteiger partial charge in [-0.25, -0.2) is 0 Å². The maximum absolute atomic E-state index is 12.3. The van der Waals surface area contributed by atoms with Gasteiger partial charge in [0.15, 0.2) is 11.5 Å². The van der Waals surface area contributed by atoms with Crippen molar-refractivity contribution in [2.24, 2.45) is 0 Å². The first kappa shape index (κ1) is 17.7. The Morgan fingerprint density at radius 2 is 1.90 bits per heavy atom. The number of hydrogen-bond donors (Lipinski definition) is 1. The Kier molecular flexibility index (Phi) is 6.89. The molecule has 0 saturated heterocycles. The molecule has 0 unspecified atom stereocenters. The summed E-state index contributed by atoms with van der Waals surface area (Å²) in [6.45, 7) is 6.45. The summed E-state index contributed by atoms with van der Waals surface area (Å²) in [5.74, 6) is 0.425. The lowest BCUT2D eigenvalue weighted by Gasteiger charge is -2.26. The van der Waals surface area contributed by atoms with Crippen molar-refractivity contribution in [2.75, 3.05) is 6.61 Å². The van der Waals surface area contributed by atoms with E-state index in [9.17, 15) is 8.78 Å². The third-order valence-electron chi connectivity index (χ3n) is 3.17. The fourth-order valence-corrected chi connectivity index (χ4v) is 2.18. The molecule has 1 aromatic carbocycles. The van der Waals surface area contributed by atoms with Crippen LogP contribution in [0.3, 0.4) is 0 Å². The molecule has 21 heavy (non-hydrogen) atoms. The van der Waals surface area contributed by atoms with E-state index < -0.39 is 6.61 Å². The van der Waals surface area contributed by atoms with E-state index in [4.69, 9.17) is 4.74 Å². The van der Waals surface area contributed by atoms with Gasteiger partial charge in [0.25, 0.3) is 0 Å². The number of ether oxygens (including phenoxy) is 2. The van der Waals surface area contributed by atoms with Crippen LogP contribution in [0, 0.1) is 0 Å². The maximum atomic E-state index is 12.3. The van der Waals surface area contributed by atoms with Gasteiger partial charge in [-0.3, -0.25) is 0 Å². The summed E-state index contributed by atoms with van der Waals surface area (Å²) in [4.78, 5) is 0. The average molecular weight is 301 g/mol. The standard InChI is InChI=1S/C16H25F2NO2/c1-5-9-16(3,4)19-11-12-7-8-13(21-15(17)18)14(10-12)20-6-2/h7-8,10,15,19H,5-6,9,11H2,1-4H3.